The van der Waals surface area contributed by atoms with Crippen LogP contribution in [0.2, 0.25) is 0 Å². The number of amides is 1. The van der Waals surface area contributed by atoms with Gasteiger partial charge >= 0.3 is 6.18 Å². The van der Waals surface area contributed by atoms with Crippen molar-refractivity contribution >= 4 is 5.91 Å². The molecule has 0 radical (unpaired) electrons. The van der Waals surface area contributed by atoms with Gasteiger partial charge in [0.1, 0.15) is 0 Å². The summed E-state index contributed by atoms with van der Waals surface area (Å²) in [6.07, 6.45) is -5.20. The second kappa shape index (κ2) is 7.31. The lowest BCUT2D eigenvalue weighted by Gasteiger charge is -2.31. The van der Waals surface area contributed by atoms with Gasteiger partial charge in [0.2, 0.25) is 5.91 Å². The van der Waals surface area contributed by atoms with Crippen LogP contribution < -0.4 is 0 Å². The molecule has 1 N–H and O–H groups in total. The molecular formula is C17H21F3N2O3. The number of benzene rings is 1. The topological polar surface area (TPSA) is 53.0 Å². The minimum Gasteiger partial charge on any atom is -0.391 e. The monoisotopic (exact) mass is 358 g/mol. The molecular weight excluding hydrogens is 337 g/mol. The molecule has 3 rings (SSSR count). The molecule has 8 heteroatoms. The molecule has 2 saturated heterocycles. The average molecular weight is 358 g/mol. The molecule has 0 spiro atoms. The summed E-state index contributed by atoms with van der Waals surface area (Å²) in [5.41, 5.74) is -0.708. The lowest BCUT2D eigenvalue weighted by atomic mass is 9.97. The molecule has 2 aliphatic rings. The van der Waals surface area contributed by atoms with Gasteiger partial charge in [-0.2, -0.15) is 13.2 Å². The molecule has 5 nitrogen and oxygen atoms in total. The van der Waals surface area contributed by atoms with Gasteiger partial charge in [-0.1, -0.05) is 18.2 Å². The fourth-order valence-electron chi connectivity index (χ4n) is 3.47. The first-order valence-electron chi connectivity index (χ1n) is 8.30. The smallest absolute Gasteiger partial charge is 0.391 e. The summed E-state index contributed by atoms with van der Waals surface area (Å²) < 4.78 is 45.2. The first kappa shape index (κ1) is 18.2. The van der Waals surface area contributed by atoms with E-state index in [4.69, 9.17) is 4.74 Å². The van der Waals surface area contributed by atoms with Crippen molar-refractivity contribution in [2.24, 2.45) is 0 Å². The molecule has 0 aliphatic carbocycles. The average Bonchev–Trinajstić information content (AvgIpc) is 2.97. The lowest BCUT2D eigenvalue weighted by Crippen LogP contribution is -2.45. The Morgan fingerprint density at radius 3 is 2.60 bits per heavy atom. The number of likely N-dealkylation sites (tertiary alicyclic amines) is 1. The van der Waals surface area contributed by atoms with E-state index >= 15 is 0 Å². The number of halogens is 3. The molecule has 2 atom stereocenters. The predicted octanol–water partition coefficient (Wildman–Crippen LogP) is 1.67. The van der Waals surface area contributed by atoms with Gasteiger partial charge < -0.3 is 14.7 Å². The van der Waals surface area contributed by atoms with Crippen LogP contribution in [0.5, 0.6) is 0 Å². The van der Waals surface area contributed by atoms with Crippen LogP contribution in [-0.4, -0.2) is 66.3 Å². The number of aliphatic hydroxyl groups is 1. The van der Waals surface area contributed by atoms with Gasteiger partial charge in [0, 0.05) is 19.6 Å². The Morgan fingerprint density at radius 1 is 1.24 bits per heavy atom. The summed E-state index contributed by atoms with van der Waals surface area (Å²) in [5, 5.41) is 9.97. The van der Waals surface area contributed by atoms with E-state index in [-0.39, 0.29) is 31.0 Å². The van der Waals surface area contributed by atoms with Crippen molar-refractivity contribution in [1.29, 1.82) is 0 Å². The zero-order chi connectivity index (χ0) is 18.0. The number of aliphatic hydroxyl groups excluding tert-OH is 1. The molecule has 1 aromatic carbocycles. The third-order valence-corrected chi connectivity index (χ3v) is 4.69. The lowest BCUT2D eigenvalue weighted by molar-refractivity contribution is -0.141. The van der Waals surface area contributed by atoms with E-state index in [2.05, 4.69) is 0 Å². The van der Waals surface area contributed by atoms with Gasteiger partial charge in [-0.05, 0) is 18.1 Å². The summed E-state index contributed by atoms with van der Waals surface area (Å²) in [6.45, 7) is 2.49. The van der Waals surface area contributed by atoms with Crippen LogP contribution in [-0.2, 0) is 15.7 Å². The standard InChI is InChI=1S/C17H21F3N2O3/c18-17(19,20)14-4-2-1-3-13(14)15-9-12(23)10-22(15)16(24)11-21-5-7-25-8-6-21/h1-4,12,15,23H,5-11H2/t12-,15-/m1/s1. The Balaban J connectivity index is 1.81. The number of carbonyl (C=O) groups is 1. The number of carbonyl (C=O) groups excluding carboxylic acids is 1. The molecule has 0 unspecified atom stereocenters. The fourth-order valence-corrected chi connectivity index (χ4v) is 3.47. The van der Waals surface area contributed by atoms with Crippen LogP contribution in [0.4, 0.5) is 13.2 Å². The summed E-state index contributed by atoms with van der Waals surface area (Å²) in [5.74, 6) is -0.263. The third-order valence-electron chi connectivity index (χ3n) is 4.69. The molecule has 2 heterocycles. The van der Waals surface area contributed by atoms with Crippen molar-refractivity contribution in [2.75, 3.05) is 39.4 Å². The van der Waals surface area contributed by atoms with Crippen LogP contribution in [0.1, 0.15) is 23.6 Å². The highest BCUT2D eigenvalue weighted by Crippen LogP contribution is 2.40. The van der Waals surface area contributed by atoms with Crippen molar-refractivity contribution < 1.29 is 27.8 Å². The minimum absolute atomic E-state index is 0.0434. The second-order valence-corrected chi connectivity index (χ2v) is 6.42. The van der Waals surface area contributed by atoms with Crippen LogP contribution in [0.15, 0.2) is 24.3 Å². The van der Waals surface area contributed by atoms with E-state index in [1.807, 2.05) is 4.90 Å². The Hall–Kier alpha value is -1.64. The summed E-state index contributed by atoms with van der Waals surface area (Å²) in [4.78, 5) is 16.0. The number of hydrogen-bond acceptors (Lipinski definition) is 4. The Morgan fingerprint density at radius 2 is 1.92 bits per heavy atom. The van der Waals surface area contributed by atoms with E-state index in [0.29, 0.717) is 26.3 Å². The first-order chi connectivity index (χ1) is 11.9. The molecule has 2 fully saturated rings. The molecule has 138 valence electrons. The maximum absolute atomic E-state index is 13.3. The third kappa shape index (κ3) is 4.13. The number of β-amino-alcohol motifs (C(OH)–C–C–N with tert-alkyl or cyclic N) is 1. The second-order valence-electron chi connectivity index (χ2n) is 6.42. The van der Waals surface area contributed by atoms with E-state index in [0.717, 1.165) is 6.07 Å². The van der Waals surface area contributed by atoms with Gasteiger partial charge in [0.15, 0.2) is 0 Å². The van der Waals surface area contributed by atoms with E-state index in [1.54, 1.807) is 0 Å². The zero-order valence-electron chi connectivity index (χ0n) is 13.7. The molecule has 1 amide bonds. The van der Waals surface area contributed by atoms with Crippen molar-refractivity contribution in [1.82, 2.24) is 9.80 Å². The maximum Gasteiger partial charge on any atom is 0.416 e. The highest BCUT2D eigenvalue weighted by Gasteiger charge is 2.41. The molecule has 0 saturated carbocycles. The van der Waals surface area contributed by atoms with Gasteiger partial charge in [-0.15, -0.1) is 0 Å². The van der Waals surface area contributed by atoms with Gasteiger partial charge in [0.25, 0.3) is 0 Å². The highest BCUT2D eigenvalue weighted by molar-refractivity contribution is 5.79. The van der Waals surface area contributed by atoms with Crippen LogP contribution in [0, 0.1) is 0 Å². The number of hydrogen-bond donors (Lipinski definition) is 1. The predicted molar refractivity (Wildman–Crippen MR) is 83.8 cm³/mol. The molecule has 0 bridgehead atoms. The van der Waals surface area contributed by atoms with Crippen molar-refractivity contribution in [3.8, 4) is 0 Å². The number of alkyl halides is 3. The van der Waals surface area contributed by atoms with Gasteiger partial charge in [-0.25, -0.2) is 0 Å². The summed E-state index contributed by atoms with van der Waals surface area (Å²) in [6, 6.07) is 4.50. The van der Waals surface area contributed by atoms with Crippen LogP contribution in [0.3, 0.4) is 0 Å². The zero-order valence-corrected chi connectivity index (χ0v) is 13.7. The van der Waals surface area contributed by atoms with Gasteiger partial charge in [0.05, 0.1) is 37.5 Å². The van der Waals surface area contributed by atoms with Crippen LogP contribution >= 0.6 is 0 Å². The van der Waals surface area contributed by atoms with Crippen molar-refractivity contribution in [3.05, 3.63) is 35.4 Å². The number of morpholine rings is 1. The quantitative estimate of drug-likeness (QED) is 0.893. The summed E-state index contributed by atoms with van der Waals surface area (Å²) in [7, 11) is 0. The first-order valence-corrected chi connectivity index (χ1v) is 8.30. The number of ether oxygens (including phenoxy) is 1. The fraction of sp³-hybridized carbons (Fsp3) is 0.588. The molecule has 1 aromatic rings. The van der Waals surface area contributed by atoms with E-state index in [1.165, 1.54) is 23.1 Å². The number of nitrogens with zero attached hydrogens (tertiary/aromatic N) is 2. The van der Waals surface area contributed by atoms with Crippen LogP contribution in [0.25, 0.3) is 0 Å². The Kier molecular flexibility index (Phi) is 5.31. The molecule has 25 heavy (non-hydrogen) atoms. The molecule has 0 aromatic heterocycles. The number of rotatable bonds is 3. The van der Waals surface area contributed by atoms with E-state index < -0.39 is 23.9 Å². The normalized spacial score (nSPS) is 25.4. The minimum atomic E-state index is -4.50. The maximum atomic E-state index is 13.3. The van der Waals surface area contributed by atoms with Crippen molar-refractivity contribution in [2.45, 2.75) is 24.7 Å². The van der Waals surface area contributed by atoms with E-state index in [9.17, 15) is 23.1 Å². The largest absolute Gasteiger partial charge is 0.416 e. The summed E-state index contributed by atoms with van der Waals surface area (Å²) >= 11 is 0. The van der Waals surface area contributed by atoms with Crippen molar-refractivity contribution in [3.63, 3.8) is 0 Å². The highest BCUT2D eigenvalue weighted by atomic mass is 19.4. The Bertz CT molecular complexity index is 617. The SMILES string of the molecule is O=C(CN1CCOCC1)N1C[C@H](O)C[C@@H]1c1ccccc1C(F)(F)F. The Labute approximate surface area is 144 Å². The molecule has 2 aliphatic heterocycles. The van der Waals surface area contributed by atoms with Gasteiger partial charge in [-0.3, -0.25) is 9.69 Å².